The molecule has 1 aromatic carbocycles. The van der Waals surface area contributed by atoms with Crippen molar-refractivity contribution in [3.8, 4) is 5.75 Å². The molecule has 128 valence electrons. The van der Waals surface area contributed by atoms with E-state index >= 15 is 0 Å². The smallest absolute Gasteiger partial charge is 0.282 e. The summed E-state index contributed by atoms with van der Waals surface area (Å²) in [4.78, 5) is 2.17. The molecule has 2 aliphatic heterocycles. The van der Waals surface area contributed by atoms with Gasteiger partial charge in [0.25, 0.3) is 10.2 Å². The Morgan fingerprint density at radius 2 is 1.57 bits per heavy atom. The summed E-state index contributed by atoms with van der Waals surface area (Å²) in [7, 11) is -1.73. The fourth-order valence-corrected chi connectivity index (χ4v) is 4.55. The molecule has 0 unspecified atom stereocenters. The lowest BCUT2D eigenvalue weighted by Crippen LogP contribution is -2.55. The number of morpholine rings is 1. The van der Waals surface area contributed by atoms with Crippen molar-refractivity contribution < 1.29 is 17.9 Å². The highest BCUT2D eigenvalue weighted by molar-refractivity contribution is 7.86. The topological polar surface area (TPSA) is 62.3 Å². The van der Waals surface area contributed by atoms with E-state index in [2.05, 4.69) is 4.90 Å². The average molecular weight is 341 g/mol. The quantitative estimate of drug-likeness (QED) is 0.793. The van der Waals surface area contributed by atoms with Gasteiger partial charge in [-0.1, -0.05) is 12.1 Å². The van der Waals surface area contributed by atoms with Gasteiger partial charge < -0.3 is 14.4 Å². The van der Waals surface area contributed by atoms with Crippen molar-refractivity contribution in [3.05, 3.63) is 24.3 Å². The minimum atomic E-state index is -3.38. The molecule has 0 N–H and O–H groups in total. The molecule has 2 saturated heterocycles. The van der Waals surface area contributed by atoms with Crippen molar-refractivity contribution in [3.63, 3.8) is 0 Å². The van der Waals surface area contributed by atoms with Crippen LogP contribution in [0.15, 0.2) is 24.3 Å². The highest BCUT2D eigenvalue weighted by Gasteiger charge is 2.33. The largest absolute Gasteiger partial charge is 0.495 e. The third kappa shape index (κ3) is 3.45. The maximum atomic E-state index is 12.7. The molecule has 2 fully saturated rings. The number of methoxy groups -OCH3 is 1. The van der Waals surface area contributed by atoms with E-state index < -0.39 is 10.2 Å². The number of hydrogen-bond acceptors (Lipinski definition) is 5. The molecule has 2 aliphatic rings. The molecular formula is C15H23N3O4S. The third-order valence-corrected chi connectivity index (χ3v) is 6.32. The molecule has 0 atom stereocenters. The number of nitrogens with zero attached hydrogens (tertiary/aromatic N) is 3. The van der Waals surface area contributed by atoms with Crippen LogP contribution in [0.1, 0.15) is 0 Å². The number of anilines is 1. The van der Waals surface area contributed by atoms with Crippen molar-refractivity contribution in [2.45, 2.75) is 0 Å². The Morgan fingerprint density at radius 1 is 0.957 bits per heavy atom. The van der Waals surface area contributed by atoms with Gasteiger partial charge in [-0.25, -0.2) is 0 Å². The minimum Gasteiger partial charge on any atom is -0.495 e. The summed E-state index contributed by atoms with van der Waals surface area (Å²) in [6, 6.07) is 7.83. The van der Waals surface area contributed by atoms with Crippen LogP contribution in [0.2, 0.25) is 0 Å². The second kappa shape index (κ2) is 7.04. The van der Waals surface area contributed by atoms with E-state index in [1.807, 2.05) is 24.3 Å². The maximum Gasteiger partial charge on any atom is 0.282 e. The first-order chi connectivity index (χ1) is 11.1. The van der Waals surface area contributed by atoms with Gasteiger partial charge in [-0.3, -0.25) is 0 Å². The Labute approximate surface area is 137 Å². The SMILES string of the molecule is COc1ccccc1N1CCN(S(=O)(=O)N2CCOCC2)CC1. The lowest BCUT2D eigenvalue weighted by molar-refractivity contribution is 0.0700. The van der Waals surface area contributed by atoms with Gasteiger partial charge in [-0.15, -0.1) is 0 Å². The summed E-state index contributed by atoms with van der Waals surface area (Å²) in [6.07, 6.45) is 0. The van der Waals surface area contributed by atoms with Crippen LogP contribution in [0.4, 0.5) is 5.69 Å². The molecule has 7 nitrogen and oxygen atoms in total. The van der Waals surface area contributed by atoms with E-state index in [1.165, 1.54) is 4.31 Å². The average Bonchev–Trinajstić information content (AvgIpc) is 2.62. The molecule has 0 amide bonds. The molecule has 2 heterocycles. The molecule has 0 aliphatic carbocycles. The van der Waals surface area contributed by atoms with Gasteiger partial charge in [0.05, 0.1) is 26.0 Å². The van der Waals surface area contributed by atoms with Gasteiger partial charge in [0, 0.05) is 39.3 Å². The van der Waals surface area contributed by atoms with Crippen molar-refractivity contribution in [1.29, 1.82) is 0 Å². The summed E-state index contributed by atoms with van der Waals surface area (Å²) >= 11 is 0. The maximum absolute atomic E-state index is 12.7. The fraction of sp³-hybridized carbons (Fsp3) is 0.600. The summed E-state index contributed by atoms with van der Waals surface area (Å²) in [6.45, 7) is 4.11. The Morgan fingerprint density at radius 3 is 2.22 bits per heavy atom. The number of para-hydroxylation sites is 2. The van der Waals surface area contributed by atoms with E-state index in [0.717, 1.165) is 11.4 Å². The lowest BCUT2D eigenvalue weighted by Gasteiger charge is -2.38. The van der Waals surface area contributed by atoms with Crippen molar-refractivity contribution in [2.75, 3.05) is 64.5 Å². The van der Waals surface area contributed by atoms with Gasteiger partial charge in [0.2, 0.25) is 0 Å². The zero-order chi connectivity index (χ0) is 16.3. The van der Waals surface area contributed by atoms with Crippen LogP contribution in [0.25, 0.3) is 0 Å². The van der Waals surface area contributed by atoms with E-state index in [9.17, 15) is 8.42 Å². The number of rotatable bonds is 4. The zero-order valence-corrected chi connectivity index (χ0v) is 14.2. The van der Waals surface area contributed by atoms with Gasteiger partial charge in [0.1, 0.15) is 5.75 Å². The first-order valence-corrected chi connectivity index (χ1v) is 9.23. The summed E-state index contributed by atoms with van der Waals surface area (Å²) in [5.74, 6) is 0.817. The molecule has 8 heteroatoms. The normalized spacial score (nSPS) is 21.3. The van der Waals surface area contributed by atoms with Crippen LogP contribution in [0.3, 0.4) is 0 Å². The van der Waals surface area contributed by atoms with Crippen molar-refractivity contribution in [2.24, 2.45) is 0 Å². The highest BCUT2D eigenvalue weighted by Crippen LogP contribution is 2.28. The van der Waals surface area contributed by atoms with Crippen LogP contribution in [-0.4, -0.2) is 76.6 Å². The van der Waals surface area contributed by atoms with E-state index in [0.29, 0.717) is 52.5 Å². The van der Waals surface area contributed by atoms with Crippen LogP contribution < -0.4 is 9.64 Å². The van der Waals surface area contributed by atoms with Gasteiger partial charge in [-0.05, 0) is 12.1 Å². The molecule has 0 radical (unpaired) electrons. The number of benzene rings is 1. The van der Waals surface area contributed by atoms with Gasteiger partial charge >= 0.3 is 0 Å². The molecule has 1 aromatic rings. The van der Waals surface area contributed by atoms with Crippen molar-refractivity contribution in [1.82, 2.24) is 8.61 Å². The summed E-state index contributed by atoms with van der Waals surface area (Å²) in [5, 5.41) is 0. The fourth-order valence-electron chi connectivity index (χ4n) is 2.99. The van der Waals surface area contributed by atoms with Crippen LogP contribution in [-0.2, 0) is 14.9 Å². The van der Waals surface area contributed by atoms with Crippen LogP contribution in [0.5, 0.6) is 5.75 Å². The van der Waals surface area contributed by atoms with E-state index in [1.54, 1.807) is 11.4 Å². The second-order valence-corrected chi connectivity index (χ2v) is 7.51. The van der Waals surface area contributed by atoms with Gasteiger partial charge in [-0.2, -0.15) is 17.0 Å². The van der Waals surface area contributed by atoms with E-state index in [-0.39, 0.29) is 0 Å². The monoisotopic (exact) mass is 341 g/mol. The number of piperazine rings is 1. The predicted octanol–water partition coefficient (Wildman–Crippen LogP) is 0.394. The number of hydrogen-bond donors (Lipinski definition) is 0. The first-order valence-electron chi connectivity index (χ1n) is 7.84. The zero-order valence-electron chi connectivity index (χ0n) is 13.3. The Hall–Kier alpha value is -1.35. The molecule has 23 heavy (non-hydrogen) atoms. The Kier molecular flexibility index (Phi) is 5.05. The first kappa shape index (κ1) is 16.5. The number of ether oxygens (including phenoxy) is 2. The molecule has 3 rings (SSSR count). The minimum absolute atomic E-state index is 0.440. The second-order valence-electron chi connectivity index (χ2n) is 5.58. The lowest BCUT2D eigenvalue weighted by atomic mass is 10.2. The summed E-state index contributed by atoms with van der Waals surface area (Å²) in [5.41, 5.74) is 1.01. The Balaban J connectivity index is 1.66. The third-order valence-electron chi connectivity index (χ3n) is 4.29. The van der Waals surface area contributed by atoms with Crippen LogP contribution >= 0.6 is 0 Å². The molecule has 0 bridgehead atoms. The Bertz CT molecular complexity index is 623. The van der Waals surface area contributed by atoms with E-state index in [4.69, 9.17) is 9.47 Å². The standard InChI is InChI=1S/C15H23N3O4S/c1-21-15-5-3-2-4-14(15)16-6-8-17(9-7-16)23(19,20)18-10-12-22-13-11-18/h2-5H,6-13H2,1H3. The van der Waals surface area contributed by atoms with Gasteiger partial charge in [0.15, 0.2) is 0 Å². The van der Waals surface area contributed by atoms with Crippen LogP contribution in [0, 0.1) is 0 Å². The summed E-state index contributed by atoms with van der Waals surface area (Å²) < 4.78 is 39.0. The molecule has 0 aromatic heterocycles. The molecular weight excluding hydrogens is 318 g/mol. The molecule has 0 spiro atoms. The highest BCUT2D eigenvalue weighted by atomic mass is 32.2. The van der Waals surface area contributed by atoms with Crippen molar-refractivity contribution >= 4 is 15.9 Å². The molecule has 0 saturated carbocycles. The predicted molar refractivity (Wildman–Crippen MR) is 88.1 cm³/mol.